The number of hydrogen-bond donors (Lipinski definition) is 1. The Balaban J connectivity index is 2.14. The maximum atomic E-state index is 11.7. The Morgan fingerprint density at radius 1 is 1.22 bits per heavy atom. The lowest BCUT2D eigenvalue weighted by Gasteiger charge is -2.08. The first-order chi connectivity index (χ1) is 11.1. The van der Waals surface area contributed by atoms with Gasteiger partial charge in [0.05, 0.1) is 7.11 Å². The molecule has 1 aromatic rings. The Morgan fingerprint density at radius 3 is 2.61 bits per heavy atom. The van der Waals surface area contributed by atoms with Crippen molar-refractivity contribution in [1.29, 1.82) is 0 Å². The van der Waals surface area contributed by atoms with Crippen LogP contribution in [0.3, 0.4) is 0 Å². The zero-order valence-corrected chi connectivity index (χ0v) is 14.6. The lowest BCUT2D eigenvalue weighted by atomic mass is 10.0. The number of aromatic hydroxyl groups is 1. The molecule has 0 amide bonds. The zero-order chi connectivity index (χ0) is 17.1. The average molecular weight is 322 g/mol. The Kier molecular flexibility index (Phi) is 9.18. The van der Waals surface area contributed by atoms with E-state index in [9.17, 15) is 9.90 Å². The fourth-order valence-electron chi connectivity index (χ4n) is 2.38. The minimum absolute atomic E-state index is 0.0577. The van der Waals surface area contributed by atoms with Crippen LogP contribution in [0, 0.1) is 5.92 Å². The van der Waals surface area contributed by atoms with Gasteiger partial charge in [-0.1, -0.05) is 52.0 Å². The highest BCUT2D eigenvalue weighted by molar-refractivity contribution is 5.69. The molecule has 0 fully saturated rings. The lowest BCUT2D eigenvalue weighted by Crippen LogP contribution is -2.04. The molecular weight excluding hydrogens is 292 g/mol. The first-order valence-electron chi connectivity index (χ1n) is 8.58. The molecule has 4 nitrogen and oxygen atoms in total. The van der Waals surface area contributed by atoms with E-state index in [0.717, 1.165) is 24.3 Å². The first-order valence-corrected chi connectivity index (χ1v) is 8.58. The summed E-state index contributed by atoms with van der Waals surface area (Å²) in [4.78, 5) is 11.7. The Morgan fingerprint density at radius 2 is 1.96 bits per heavy atom. The molecule has 0 heterocycles. The molecule has 0 radical (unpaired) electrons. The van der Waals surface area contributed by atoms with E-state index in [1.165, 1.54) is 32.8 Å². The third kappa shape index (κ3) is 7.91. The molecule has 130 valence electrons. The second-order valence-corrected chi connectivity index (χ2v) is 6.13. The Bertz CT molecular complexity index is 470. The molecule has 1 rings (SSSR count). The summed E-state index contributed by atoms with van der Waals surface area (Å²) in [6, 6.07) is 5.00. The molecule has 0 aliphatic heterocycles. The van der Waals surface area contributed by atoms with Crippen molar-refractivity contribution < 1.29 is 19.4 Å². The van der Waals surface area contributed by atoms with Crippen LogP contribution in [-0.4, -0.2) is 18.2 Å². The van der Waals surface area contributed by atoms with Gasteiger partial charge in [-0.15, -0.1) is 0 Å². The number of carbonyl (C=O) groups is 1. The van der Waals surface area contributed by atoms with Crippen LogP contribution in [0.1, 0.15) is 64.4 Å². The van der Waals surface area contributed by atoms with E-state index in [0.29, 0.717) is 12.2 Å². The number of carbonyl (C=O) groups excluding carboxylic acids is 1. The maximum absolute atomic E-state index is 11.7. The average Bonchev–Trinajstić information content (AvgIpc) is 2.55. The monoisotopic (exact) mass is 322 g/mol. The van der Waals surface area contributed by atoms with Crippen LogP contribution in [0.25, 0.3) is 0 Å². The second kappa shape index (κ2) is 10.9. The van der Waals surface area contributed by atoms with E-state index in [1.54, 1.807) is 18.2 Å². The number of phenolic OH excluding ortho intramolecular Hbond substituents is 1. The summed E-state index contributed by atoms with van der Waals surface area (Å²) in [6.45, 7) is 4.70. The molecule has 0 spiro atoms. The molecule has 1 atom stereocenters. The zero-order valence-electron chi connectivity index (χ0n) is 14.6. The van der Waals surface area contributed by atoms with Crippen LogP contribution in [0.4, 0.5) is 0 Å². The maximum Gasteiger partial charge on any atom is 0.306 e. The van der Waals surface area contributed by atoms with Crippen molar-refractivity contribution in [2.24, 2.45) is 5.92 Å². The molecule has 0 saturated heterocycles. The SMILES string of the molecule is CCC(C)CCCCCCC(=O)OCc1ccc(OC)c(O)c1. The van der Waals surface area contributed by atoms with Crippen LogP contribution < -0.4 is 4.74 Å². The smallest absolute Gasteiger partial charge is 0.306 e. The van der Waals surface area contributed by atoms with Crippen molar-refractivity contribution in [2.45, 2.75) is 65.4 Å². The molecule has 0 saturated carbocycles. The molecule has 1 unspecified atom stereocenters. The van der Waals surface area contributed by atoms with E-state index in [-0.39, 0.29) is 18.3 Å². The van der Waals surface area contributed by atoms with Crippen molar-refractivity contribution in [3.05, 3.63) is 23.8 Å². The Labute approximate surface area is 139 Å². The molecule has 23 heavy (non-hydrogen) atoms. The van der Waals surface area contributed by atoms with Gasteiger partial charge < -0.3 is 14.6 Å². The van der Waals surface area contributed by atoms with Crippen molar-refractivity contribution in [3.8, 4) is 11.5 Å². The van der Waals surface area contributed by atoms with E-state index in [1.807, 2.05) is 0 Å². The van der Waals surface area contributed by atoms with Crippen LogP contribution in [-0.2, 0) is 16.1 Å². The standard InChI is InChI=1S/C19H30O4/c1-4-15(2)9-7-5-6-8-10-19(21)23-14-16-11-12-18(22-3)17(20)13-16/h11-13,15,20H,4-10,14H2,1-3H3. The number of benzene rings is 1. The fraction of sp³-hybridized carbons (Fsp3) is 0.632. The lowest BCUT2D eigenvalue weighted by molar-refractivity contribution is -0.145. The van der Waals surface area contributed by atoms with Gasteiger partial charge in [-0.25, -0.2) is 0 Å². The van der Waals surface area contributed by atoms with E-state index < -0.39 is 0 Å². The number of hydrogen-bond acceptors (Lipinski definition) is 4. The van der Waals surface area contributed by atoms with Crippen molar-refractivity contribution in [1.82, 2.24) is 0 Å². The topological polar surface area (TPSA) is 55.8 Å². The summed E-state index contributed by atoms with van der Waals surface area (Å²) in [5, 5.41) is 9.67. The molecule has 0 aliphatic rings. The number of esters is 1. The summed E-state index contributed by atoms with van der Waals surface area (Å²) >= 11 is 0. The summed E-state index contributed by atoms with van der Waals surface area (Å²) < 4.78 is 10.2. The molecule has 4 heteroatoms. The van der Waals surface area contributed by atoms with Gasteiger partial charge in [0.25, 0.3) is 0 Å². The summed E-state index contributed by atoms with van der Waals surface area (Å²) in [6.07, 6.45) is 7.38. The van der Waals surface area contributed by atoms with Gasteiger partial charge in [-0.05, 0) is 30.0 Å². The van der Waals surface area contributed by atoms with Crippen LogP contribution >= 0.6 is 0 Å². The predicted molar refractivity (Wildman–Crippen MR) is 91.6 cm³/mol. The summed E-state index contributed by atoms with van der Waals surface area (Å²) in [5.74, 6) is 1.10. The number of unbranched alkanes of at least 4 members (excludes halogenated alkanes) is 3. The fourth-order valence-corrected chi connectivity index (χ4v) is 2.38. The third-order valence-corrected chi connectivity index (χ3v) is 4.17. The molecular formula is C19H30O4. The number of phenols is 1. The summed E-state index contributed by atoms with van der Waals surface area (Å²) in [7, 11) is 1.50. The van der Waals surface area contributed by atoms with Crippen molar-refractivity contribution in [3.63, 3.8) is 0 Å². The number of rotatable bonds is 11. The quantitative estimate of drug-likeness (QED) is 0.468. The summed E-state index contributed by atoms with van der Waals surface area (Å²) in [5.41, 5.74) is 0.755. The number of ether oxygens (including phenoxy) is 2. The molecule has 0 aliphatic carbocycles. The van der Waals surface area contributed by atoms with Crippen LogP contribution in [0.15, 0.2) is 18.2 Å². The Hall–Kier alpha value is -1.71. The van der Waals surface area contributed by atoms with E-state index >= 15 is 0 Å². The predicted octanol–water partition coefficient (Wildman–Crippen LogP) is 4.83. The highest BCUT2D eigenvalue weighted by Crippen LogP contribution is 2.26. The molecule has 0 bridgehead atoms. The molecule has 1 N–H and O–H groups in total. The number of methoxy groups -OCH3 is 1. The first kappa shape index (κ1) is 19.3. The highest BCUT2D eigenvalue weighted by atomic mass is 16.5. The van der Waals surface area contributed by atoms with Gasteiger partial charge in [0.1, 0.15) is 6.61 Å². The van der Waals surface area contributed by atoms with Gasteiger partial charge in [-0.3, -0.25) is 4.79 Å². The van der Waals surface area contributed by atoms with Crippen molar-refractivity contribution in [2.75, 3.05) is 7.11 Å². The van der Waals surface area contributed by atoms with E-state index in [2.05, 4.69) is 13.8 Å². The molecule has 1 aromatic carbocycles. The van der Waals surface area contributed by atoms with Gasteiger partial charge >= 0.3 is 5.97 Å². The normalized spacial score (nSPS) is 12.0. The van der Waals surface area contributed by atoms with Crippen molar-refractivity contribution >= 4 is 5.97 Å². The minimum atomic E-state index is -0.178. The minimum Gasteiger partial charge on any atom is -0.504 e. The van der Waals surface area contributed by atoms with Crippen LogP contribution in [0.5, 0.6) is 11.5 Å². The third-order valence-electron chi connectivity index (χ3n) is 4.17. The largest absolute Gasteiger partial charge is 0.504 e. The van der Waals surface area contributed by atoms with Gasteiger partial charge in [-0.2, -0.15) is 0 Å². The second-order valence-electron chi connectivity index (χ2n) is 6.13. The van der Waals surface area contributed by atoms with E-state index in [4.69, 9.17) is 9.47 Å². The highest BCUT2D eigenvalue weighted by Gasteiger charge is 2.06. The van der Waals surface area contributed by atoms with Gasteiger partial charge in [0.2, 0.25) is 0 Å². The molecule has 0 aromatic heterocycles. The van der Waals surface area contributed by atoms with Gasteiger partial charge in [0, 0.05) is 6.42 Å². The van der Waals surface area contributed by atoms with Gasteiger partial charge in [0.15, 0.2) is 11.5 Å². The van der Waals surface area contributed by atoms with Crippen LogP contribution in [0.2, 0.25) is 0 Å².